The summed E-state index contributed by atoms with van der Waals surface area (Å²) in [6.45, 7) is 5.53. The van der Waals surface area contributed by atoms with Crippen molar-refractivity contribution in [2.24, 2.45) is 5.92 Å². The fourth-order valence-electron chi connectivity index (χ4n) is 1.96. The monoisotopic (exact) mass is 262 g/mol. The molecule has 0 aromatic rings. The van der Waals surface area contributed by atoms with Crippen LogP contribution in [0.2, 0.25) is 0 Å². The van der Waals surface area contributed by atoms with E-state index in [-0.39, 0.29) is 0 Å². The smallest absolute Gasteiger partial charge is 0.0700 e. The molecule has 1 saturated carbocycles. The molecule has 1 aliphatic carbocycles. The SMILES string of the molecule is CC(C)CCCCOC1CCCC1Br. The van der Waals surface area contributed by atoms with Crippen molar-refractivity contribution in [3.63, 3.8) is 0 Å². The summed E-state index contributed by atoms with van der Waals surface area (Å²) in [5, 5.41) is 0. The van der Waals surface area contributed by atoms with E-state index in [0.29, 0.717) is 10.9 Å². The molecule has 2 unspecified atom stereocenters. The highest BCUT2D eigenvalue weighted by atomic mass is 79.9. The van der Waals surface area contributed by atoms with Crippen LogP contribution in [0, 0.1) is 5.92 Å². The molecule has 0 amide bonds. The molecular weight excluding hydrogens is 240 g/mol. The summed E-state index contributed by atoms with van der Waals surface area (Å²) >= 11 is 3.67. The van der Waals surface area contributed by atoms with Crippen LogP contribution in [0.1, 0.15) is 52.4 Å². The van der Waals surface area contributed by atoms with E-state index < -0.39 is 0 Å². The number of hydrogen-bond donors (Lipinski definition) is 0. The van der Waals surface area contributed by atoms with Crippen LogP contribution in [0.4, 0.5) is 0 Å². The van der Waals surface area contributed by atoms with Gasteiger partial charge in [-0.25, -0.2) is 0 Å². The molecule has 0 heterocycles. The second-order valence-corrected chi connectivity index (χ2v) is 5.92. The normalized spacial score (nSPS) is 27.4. The molecule has 0 radical (unpaired) electrons. The van der Waals surface area contributed by atoms with Crippen LogP contribution in [0.25, 0.3) is 0 Å². The van der Waals surface area contributed by atoms with Gasteiger partial charge in [-0.15, -0.1) is 0 Å². The maximum absolute atomic E-state index is 5.85. The maximum Gasteiger partial charge on any atom is 0.0700 e. The summed E-state index contributed by atoms with van der Waals surface area (Å²) in [7, 11) is 0. The minimum atomic E-state index is 0.494. The van der Waals surface area contributed by atoms with E-state index in [4.69, 9.17) is 4.74 Å². The average Bonchev–Trinajstić information content (AvgIpc) is 2.51. The Morgan fingerprint density at radius 2 is 2.07 bits per heavy atom. The van der Waals surface area contributed by atoms with Gasteiger partial charge in [0.05, 0.1) is 6.10 Å². The van der Waals surface area contributed by atoms with E-state index >= 15 is 0 Å². The predicted octanol–water partition coefficient (Wildman–Crippen LogP) is 4.15. The lowest BCUT2D eigenvalue weighted by Gasteiger charge is -2.15. The molecule has 0 aliphatic heterocycles. The third-order valence-electron chi connectivity index (χ3n) is 2.88. The van der Waals surface area contributed by atoms with E-state index in [1.807, 2.05) is 0 Å². The van der Waals surface area contributed by atoms with Crippen molar-refractivity contribution >= 4 is 15.9 Å². The third kappa shape index (κ3) is 4.79. The number of hydrogen-bond acceptors (Lipinski definition) is 1. The first-order chi connectivity index (χ1) is 6.70. The molecule has 0 spiro atoms. The van der Waals surface area contributed by atoms with Gasteiger partial charge in [-0.2, -0.15) is 0 Å². The van der Waals surface area contributed by atoms with Crippen molar-refractivity contribution < 1.29 is 4.74 Å². The van der Waals surface area contributed by atoms with Gasteiger partial charge in [0.1, 0.15) is 0 Å². The van der Waals surface area contributed by atoms with Crippen LogP contribution in [0.3, 0.4) is 0 Å². The van der Waals surface area contributed by atoms with Crippen molar-refractivity contribution in [1.82, 2.24) is 0 Å². The number of ether oxygens (including phenoxy) is 1. The summed E-state index contributed by atoms with van der Waals surface area (Å²) < 4.78 is 5.85. The highest BCUT2D eigenvalue weighted by Crippen LogP contribution is 2.28. The lowest BCUT2D eigenvalue weighted by atomic mass is 10.1. The van der Waals surface area contributed by atoms with Crippen LogP contribution >= 0.6 is 15.9 Å². The first-order valence-electron chi connectivity index (χ1n) is 5.96. The van der Waals surface area contributed by atoms with Gasteiger partial charge >= 0.3 is 0 Å². The topological polar surface area (TPSA) is 9.23 Å². The van der Waals surface area contributed by atoms with E-state index in [2.05, 4.69) is 29.8 Å². The fourth-order valence-corrected chi connectivity index (χ4v) is 2.70. The zero-order chi connectivity index (χ0) is 10.4. The number of alkyl halides is 1. The number of rotatable bonds is 6. The molecule has 14 heavy (non-hydrogen) atoms. The molecule has 84 valence electrons. The van der Waals surface area contributed by atoms with Crippen LogP contribution in [0.5, 0.6) is 0 Å². The minimum absolute atomic E-state index is 0.494. The quantitative estimate of drug-likeness (QED) is 0.517. The molecular formula is C12H23BrO. The molecule has 0 saturated heterocycles. The molecule has 1 aliphatic rings. The third-order valence-corrected chi connectivity index (χ3v) is 3.93. The molecule has 0 aromatic carbocycles. The first kappa shape index (κ1) is 12.5. The fraction of sp³-hybridized carbons (Fsp3) is 1.00. The van der Waals surface area contributed by atoms with Gasteiger partial charge in [0.2, 0.25) is 0 Å². The van der Waals surface area contributed by atoms with Gasteiger partial charge in [0.15, 0.2) is 0 Å². The second kappa shape index (κ2) is 6.84. The van der Waals surface area contributed by atoms with E-state index in [1.165, 1.54) is 38.5 Å². The van der Waals surface area contributed by atoms with Crippen LogP contribution in [0.15, 0.2) is 0 Å². The molecule has 0 aromatic heterocycles. The predicted molar refractivity (Wildman–Crippen MR) is 65.0 cm³/mol. The van der Waals surface area contributed by atoms with Gasteiger partial charge < -0.3 is 4.74 Å². The number of unbranched alkanes of at least 4 members (excludes halogenated alkanes) is 1. The number of halogens is 1. The van der Waals surface area contributed by atoms with Gasteiger partial charge in [-0.05, 0) is 31.6 Å². The standard InChI is InChI=1S/C12H23BrO/c1-10(2)6-3-4-9-14-12-8-5-7-11(12)13/h10-12H,3-9H2,1-2H3. The molecule has 2 heteroatoms. The van der Waals surface area contributed by atoms with Crippen molar-refractivity contribution in [1.29, 1.82) is 0 Å². The van der Waals surface area contributed by atoms with Crippen LogP contribution in [-0.4, -0.2) is 17.5 Å². The lowest BCUT2D eigenvalue weighted by Crippen LogP contribution is -2.18. The Morgan fingerprint density at radius 3 is 2.64 bits per heavy atom. The highest BCUT2D eigenvalue weighted by Gasteiger charge is 2.24. The van der Waals surface area contributed by atoms with Gasteiger partial charge in [-0.1, -0.05) is 42.6 Å². The Bertz CT molecular complexity index is 147. The van der Waals surface area contributed by atoms with Gasteiger partial charge in [0, 0.05) is 11.4 Å². The molecule has 1 rings (SSSR count). The zero-order valence-electron chi connectivity index (χ0n) is 9.47. The van der Waals surface area contributed by atoms with Crippen LogP contribution < -0.4 is 0 Å². The first-order valence-corrected chi connectivity index (χ1v) is 6.87. The highest BCUT2D eigenvalue weighted by molar-refractivity contribution is 9.09. The minimum Gasteiger partial charge on any atom is -0.377 e. The molecule has 0 N–H and O–H groups in total. The lowest BCUT2D eigenvalue weighted by molar-refractivity contribution is 0.0596. The Hall–Kier alpha value is 0.440. The summed E-state index contributed by atoms with van der Waals surface area (Å²) in [5.74, 6) is 0.838. The Balaban J connectivity index is 1.93. The summed E-state index contributed by atoms with van der Waals surface area (Å²) in [5.41, 5.74) is 0. The van der Waals surface area contributed by atoms with Gasteiger partial charge in [-0.3, -0.25) is 0 Å². The largest absolute Gasteiger partial charge is 0.377 e. The van der Waals surface area contributed by atoms with Gasteiger partial charge in [0.25, 0.3) is 0 Å². The van der Waals surface area contributed by atoms with Crippen LogP contribution in [-0.2, 0) is 4.74 Å². The summed E-state index contributed by atoms with van der Waals surface area (Å²) in [4.78, 5) is 0.618. The summed E-state index contributed by atoms with van der Waals surface area (Å²) in [6, 6.07) is 0. The van der Waals surface area contributed by atoms with E-state index in [9.17, 15) is 0 Å². The van der Waals surface area contributed by atoms with E-state index in [0.717, 1.165) is 12.5 Å². The molecule has 1 fully saturated rings. The average molecular weight is 263 g/mol. The van der Waals surface area contributed by atoms with Crippen molar-refractivity contribution in [3.8, 4) is 0 Å². The maximum atomic E-state index is 5.85. The Morgan fingerprint density at radius 1 is 1.29 bits per heavy atom. The van der Waals surface area contributed by atoms with Crippen molar-refractivity contribution in [2.75, 3.05) is 6.61 Å². The Labute approximate surface area is 96.7 Å². The Kier molecular flexibility index (Phi) is 6.11. The second-order valence-electron chi connectivity index (χ2n) is 4.75. The van der Waals surface area contributed by atoms with Crippen molar-refractivity contribution in [3.05, 3.63) is 0 Å². The van der Waals surface area contributed by atoms with E-state index in [1.54, 1.807) is 0 Å². The molecule has 1 nitrogen and oxygen atoms in total. The van der Waals surface area contributed by atoms with Crippen molar-refractivity contribution in [2.45, 2.75) is 63.3 Å². The molecule has 0 bridgehead atoms. The summed E-state index contributed by atoms with van der Waals surface area (Å²) in [6.07, 6.45) is 8.25. The molecule has 2 atom stereocenters. The zero-order valence-corrected chi connectivity index (χ0v) is 11.1.